The molecule has 0 fully saturated rings. The Balaban J connectivity index is 2.02. The predicted molar refractivity (Wildman–Crippen MR) is 121 cm³/mol. The van der Waals surface area contributed by atoms with Gasteiger partial charge in [-0.2, -0.15) is 0 Å². The van der Waals surface area contributed by atoms with Crippen molar-refractivity contribution in [3.63, 3.8) is 0 Å². The lowest BCUT2D eigenvalue weighted by Crippen LogP contribution is -2.25. The van der Waals surface area contributed by atoms with Crippen LogP contribution >= 0.6 is 7.60 Å². The Hall–Kier alpha value is -1.50. The maximum Gasteiger partial charge on any atom is 0.331 e. The Bertz CT molecular complexity index is 906. The summed E-state index contributed by atoms with van der Waals surface area (Å²) in [4.78, 5) is 0.255. The van der Waals surface area contributed by atoms with Gasteiger partial charge in [0.25, 0.3) is 0 Å². The molecule has 6 nitrogen and oxygen atoms in total. The fourth-order valence-corrected chi connectivity index (χ4v) is 6.33. The van der Waals surface area contributed by atoms with E-state index in [9.17, 15) is 13.0 Å². The Morgan fingerprint density at radius 1 is 0.967 bits per heavy atom. The van der Waals surface area contributed by atoms with E-state index in [2.05, 4.69) is 4.72 Å². The van der Waals surface area contributed by atoms with E-state index in [1.54, 1.807) is 38.1 Å². The first-order valence-electron chi connectivity index (χ1n) is 10.3. The Kier molecular flexibility index (Phi) is 9.72. The minimum Gasteiger partial charge on any atom is -0.309 e. The van der Waals surface area contributed by atoms with Crippen LogP contribution in [0.2, 0.25) is 0 Å². The van der Waals surface area contributed by atoms with E-state index in [0.717, 1.165) is 11.1 Å². The molecule has 166 valence electrons. The standard InChI is InChI=1S/C22H32NO5PS/c1-4-27-29(24,28-5-2)18-21(20-10-7-6-8-11-20)12-9-17-23-30(25,26)22-15-13-19(3)14-16-22/h6-8,10-11,13-16,21,23H,4-5,9,12,17-18H2,1-3H3. The van der Waals surface area contributed by atoms with Gasteiger partial charge in [-0.3, -0.25) is 4.57 Å². The van der Waals surface area contributed by atoms with Gasteiger partial charge in [0, 0.05) is 6.54 Å². The summed E-state index contributed by atoms with van der Waals surface area (Å²) in [6.45, 7) is 6.43. The zero-order valence-electron chi connectivity index (χ0n) is 17.9. The van der Waals surface area contributed by atoms with Gasteiger partial charge in [-0.05, 0) is 57.2 Å². The molecule has 30 heavy (non-hydrogen) atoms. The highest BCUT2D eigenvalue weighted by atomic mass is 32.2. The molecule has 2 aromatic rings. The molecule has 0 amide bonds. The van der Waals surface area contributed by atoms with Gasteiger partial charge in [0.2, 0.25) is 10.0 Å². The first-order valence-corrected chi connectivity index (χ1v) is 13.5. The fraction of sp³-hybridized carbons (Fsp3) is 0.455. The van der Waals surface area contributed by atoms with Crippen molar-refractivity contribution in [1.29, 1.82) is 0 Å². The van der Waals surface area contributed by atoms with Gasteiger partial charge < -0.3 is 9.05 Å². The minimum absolute atomic E-state index is 0.0565. The van der Waals surface area contributed by atoms with Crippen molar-refractivity contribution in [3.05, 3.63) is 65.7 Å². The molecule has 0 saturated carbocycles. The van der Waals surface area contributed by atoms with E-state index in [0.29, 0.717) is 32.6 Å². The van der Waals surface area contributed by atoms with Gasteiger partial charge in [-0.25, -0.2) is 13.1 Å². The maximum absolute atomic E-state index is 13.0. The normalized spacial score (nSPS) is 13.3. The van der Waals surface area contributed by atoms with Crippen molar-refractivity contribution < 1.29 is 22.0 Å². The average molecular weight is 454 g/mol. The summed E-state index contributed by atoms with van der Waals surface area (Å²) in [5.41, 5.74) is 2.05. The Morgan fingerprint density at radius 3 is 2.13 bits per heavy atom. The van der Waals surface area contributed by atoms with Crippen LogP contribution in [0.25, 0.3) is 0 Å². The van der Waals surface area contributed by atoms with E-state index in [4.69, 9.17) is 9.05 Å². The fourth-order valence-electron chi connectivity index (χ4n) is 3.25. The molecule has 0 heterocycles. The maximum atomic E-state index is 13.0. The van der Waals surface area contributed by atoms with Crippen LogP contribution in [-0.2, 0) is 23.6 Å². The molecule has 1 N–H and O–H groups in total. The van der Waals surface area contributed by atoms with E-state index in [-0.39, 0.29) is 17.0 Å². The average Bonchev–Trinajstić information content (AvgIpc) is 2.71. The molecular weight excluding hydrogens is 421 g/mol. The molecule has 0 radical (unpaired) electrons. The first-order chi connectivity index (χ1) is 14.3. The number of nitrogens with one attached hydrogen (secondary N) is 1. The van der Waals surface area contributed by atoms with E-state index in [1.807, 2.05) is 37.3 Å². The molecule has 2 aromatic carbocycles. The van der Waals surface area contributed by atoms with Crippen LogP contribution in [0.1, 0.15) is 43.7 Å². The van der Waals surface area contributed by atoms with Crippen molar-refractivity contribution in [2.24, 2.45) is 0 Å². The lowest BCUT2D eigenvalue weighted by Gasteiger charge is -2.23. The summed E-state index contributed by atoms with van der Waals surface area (Å²) in [5, 5.41) is 0. The minimum atomic E-state index is -3.55. The number of aryl methyl sites for hydroxylation is 1. The number of sulfonamides is 1. The summed E-state index contributed by atoms with van der Waals surface area (Å²) in [6.07, 6.45) is 1.52. The zero-order valence-corrected chi connectivity index (χ0v) is 19.6. The molecule has 0 aromatic heterocycles. The Morgan fingerprint density at radius 2 is 1.57 bits per heavy atom. The third kappa shape index (κ3) is 7.64. The third-order valence-corrected chi connectivity index (χ3v) is 8.39. The largest absolute Gasteiger partial charge is 0.331 e. The quantitative estimate of drug-likeness (QED) is 0.337. The van der Waals surface area contributed by atoms with Crippen molar-refractivity contribution in [2.75, 3.05) is 25.9 Å². The first kappa shape index (κ1) is 24.8. The molecule has 0 spiro atoms. The van der Waals surface area contributed by atoms with Crippen LogP contribution in [0.5, 0.6) is 0 Å². The highest BCUT2D eigenvalue weighted by Gasteiger charge is 2.29. The van der Waals surface area contributed by atoms with E-state index < -0.39 is 17.6 Å². The van der Waals surface area contributed by atoms with Crippen LogP contribution in [0, 0.1) is 6.92 Å². The number of benzene rings is 2. The second-order valence-corrected chi connectivity index (χ2v) is 11.0. The SMILES string of the molecule is CCOP(=O)(CC(CCCNS(=O)(=O)c1ccc(C)cc1)c1ccccc1)OCC. The second kappa shape index (κ2) is 11.8. The molecule has 0 saturated heterocycles. The van der Waals surface area contributed by atoms with Crippen LogP contribution in [0.3, 0.4) is 0 Å². The summed E-state index contributed by atoms with van der Waals surface area (Å²) in [6, 6.07) is 16.5. The molecule has 0 aliphatic heterocycles. The molecule has 8 heteroatoms. The zero-order chi connectivity index (χ0) is 22.0. The van der Waals surface area contributed by atoms with Crippen molar-refractivity contribution >= 4 is 17.6 Å². The summed E-state index contributed by atoms with van der Waals surface area (Å²) in [5.74, 6) is -0.0565. The second-order valence-electron chi connectivity index (χ2n) is 7.09. The topological polar surface area (TPSA) is 81.7 Å². The number of hydrogen-bond donors (Lipinski definition) is 1. The lowest BCUT2D eigenvalue weighted by molar-refractivity contribution is 0.218. The Labute approximate surface area is 180 Å². The van der Waals surface area contributed by atoms with Gasteiger partial charge in [0.1, 0.15) is 0 Å². The lowest BCUT2D eigenvalue weighted by atomic mass is 9.96. The van der Waals surface area contributed by atoms with Gasteiger partial charge >= 0.3 is 7.60 Å². The number of hydrogen-bond acceptors (Lipinski definition) is 5. The van der Waals surface area contributed by atoms with Crippen LogP contribution in [0.4, 0.5) is 0 Å². The summed E-state index contributed by atoms with van der Waals surface area (Å²) < 4.78 is 51.6. The molecule has 0 aliphatic carbocycles. The van der Waals surface area contributed by atoms with Crippen LogP contribution in [-0.4, -0.2) is 34.3 Å². The molecule has 0 bridgehead atoms. The highest BCUT2D eigenvalue weighted by Crippen LogP contribution is 2.52. The highest BCUT2D eigenvalue weighted by molar-refractivity contribution is 7.89. The van der Waals surface area contributed by atoms with Crippen molar-refractivity contribution in [1.82, 2.24) is 4.72 Å². The van der Waals surface area contributed by atoms with Gasteiger partial charge in [0.15, 0.2) is 0 Å². The molecular formula is C22H32NO5PS. The molecule has 0 aliphatic rings. The van der Waals surface area contributed by atoms with Gasteiger partial charge in [-0.1, -0.05) is 48.0 Å². The summed E-state index contributed by atoms with van der Waals surface area (Å²) >= 11 is 0. The monoisotopic (exact) mass is 453 g/mol. The third-order valence-electron chi connectivity index (χ3n) is 4.72. The molecule has 1 atom stereocenters. The smallest absolute Gasteiger partial charge is 0.309 e. The van der Waals surface area contributed by atoms with Crippen molar-refractivity contribution in [2.45, 2.75) is 44.4 Å². The van der Waals surface area contributed by atoms with Gasteiger partial charge in [-0.15, -0.1) is 0 Å². The van der Waals surface area contributed by atoms with E-state index >= 15 is 0 Å². The number of rotatable bonds is 13. The molecule has 2 rings (SSSR count). The van der Waals surface area contributed by atoms with Crippen LogP contribution in [0.15, 0.2) is 59.5 Å². The van der Waals surface area contributed by atoms with Crippen LogP contribution < -0.4 is 4.72 Å². The summed E-state index contributed by atoms with van der Waals surface area (Å²) in [7, 11) is -6.76. The predicted octanol–water partition coefficient (Wildman–Crippen LogP) is 5.10. The van der Waals surface area contributed by atoms with E-state index in [1.165, 1.54) is 0 Å². The van der Waals surface area contributed by atoms with Gasteiger partial charge in [0.05, 0.1) is 24.3 Å². The molecule has 1 unspecified atom stereocenters. The van der Waals surface area contributed by atoms with Crippen molar-refractivity contribution in [3.8, 4) is 0 Å².